The molecule has 0 aliphatic carbocycles. The quantitative estimate of drug-likeness (QED) is 0.396. The van der Waals surface area contributed by atoms with E-state index in [4.69, 9.17) is 9.47 Å². The molecule has 1 aromatic rings. The van der Waals surface area contributed by atoms with E-state index in [1.165, 1.54) is 0 Å². The number of alkyl halides is 4. The number of rotatable bonds is 8. The fraction of sp³-hybridized carbons (Fsp3) is 0.524. The molecule has 3 aliphatic rings. The molecule has 0 saturated carbocycles. The van der Waals surface area contributed by atoms with Gasteiger partial charge in [0.1, 0.15) is 18.1 Å². The summed E-state index contributed by atoms with van der Waals surface area (Å²) in [5.74, 6) is -3.93. The van der Waals surface area contributed by atoms with Crippen LogP contribution < -0.4 is 16.2 Å². The van der Waals surface area contributed by atoms with E-state index in [1.807, 2.05) is 13.0 Å². The molecule has 3 N–H and O–H groups in total. The van der Waals surface area contributed by atoms with Crippen molar-refractivity contribution in [3.8, 4) is 0 Å². The number of allylic oxidation sites excluding steroid dienone is 2. The monoisotopic (exact) mass is 471 g/mol. The molecule has 3 atom stereocenters. The third-order valence-electron chi connectivity index (χ3n) is 5.84. The van der Waals surface area contributed by atoms with Crippen molar-refractivity contribution in [3.63, 3.8) is 0 Å². The average molecular weight is 471 g/mol. The van der Waals surface area contributed by atoms with Crippen molar-refractivity contribution in [3.05, 3.63) is 46.6 Å². The van der Waals surface area contributed by atoms with E-state index in [0.29, 0.717) is 30.1 Å². The van der Waals surface area contributed by atoms with Gasteiger partial charge in [-0.05, 0) is 31.6 Å². The van der Waals surface area contributed by atoms with Crippen molar-refractivity contribution in [2.24, 2.45) is 0 Å². The Hall–Kier alpha value is -2.86. The molecule has 0 radical (unpaired) electrons. The van der Waals surface area contributed by atoms with Crippen LogP contribution in [0.5, 0.6) is 0 Å². The normalized spacial score (nSPS) is 23.1. The van der Waals surface area contributed by atoms with E-state index in [0.717, 1.165) is 11.1 Å². The molecular formula is C21H25F4N5O3. The fourth-order valence-corrected chi connectivity index (χ4v) is 3.83. The molecule has 1 aromatic heterocycles. The number of halogens is 4. The summed E-state index contributed by atoms with van der Waals surface area (Å²) in [7, 11) is 0. The van der Waals surface area contributed by atoms with E-state index in [-0.39, 0.29) is 30.2 Å². The lowest BCUT2D eigenvalue weighted by molar-refractivity contribution is -0.159. The summed E-state index contributed by atoms with van der Waals surface area (Å²) >= 11 is 0. The van der Waals surface area contributed by atoms with Crippen molar-refractivity contribution in [2.75, 3.05) is 11.9 Å². The van der Waals surface area contributed by atoms with E-state index in [1.54, 1.807) is 26.1 Å². The molecular weight excluding hydrogens is 446 g/mol. The van der Waals surface area contributed by atoms with Gasteiger partial charge in [0, 0.05) is 36.0 Å². The highest BCUT2D eigenvalue weighted by Crippen LogP contribution is 2.49. The van der Waals surface area contributed by atoms with Crippen LogP contribution in [0.4, 0.5) is 23.4 Å². The largest absolute Gasteiger partial charge is 0.471 e. The Morgan fingerprint density at radius 2 is 2.18 bits per heavy atom. The van der Waals surface area contributed by atoms with Crippen LogP contribution in [0.3, 0.4) is 0 Å². The number of hydrogen-bond donors (Lipinski definition) is 3. The van der Waals surface area contributed by atoms with Gasteiger partial charge in [0.05, 0.1) is 6.04 Å². The fourth-order valence-electron chi connectivity index (χ4n) is 3.83. The first kappa shape index (κ1) is 23.3. The SMILES string of the molecule is CCC(=O)Nc1nccc2c1CN(C(C)C1=CC(C)=C(OCC(F)(F)C(F)F)NN1)C1OC21. The van der Waals surface area contributed by atoms with Crippen molar-refractivity contribution in [1.82, 2.24) is 20.7 Å². The highest BCUT2D eigenvalue weighted by molar-refractivity contribution is 5.90. The van der Waals surface area contributed by atoms with Gasteiger partial charge in [-0.3, -0.25) is 15.1 Å². The third kappa shape index (κ3) is 4.62. The predicted octanol–water partition coefficient (Wildman–Crippen LogP) is 3.17. The lowest BCUT2D eigenvalue weighted by Gasteiger charge is -2.35. The number of nitrogens with zero attached hydrogens (tertiary/aromatic N) is 2. The van der Waals surface area contributed by atoms with Gasteiger partial charge in [0.15, 0.2) is 6.61 Å². The molecule has 180 valence electrons. The molecule has 4 rings (SSSR count). The van der Waals surface area contributed by atoms with Crippen molar-refractivity contribution in [1.29, 1.82) is 0 Å². The maximum absolute atomic E-state index is 13.2. The standard InChI is InChI=1S/C21H25F4N5O3/c1-4-15(31)27-17-13-8-30(19-16(33-19)12(13)5-6-26-17)11(3)14-7-10(2)18(29-28-14)32-9-21(24,25)20(22)23/h5-7,11,16,19-20,28-29H,4,8-9H2,1-3H3,(H,26,27,31). The van der Waals surface area contributed by atoms with Gasteiger partial charge >= 0.3 is 12.3 Å². The van der Waals surface area contributed by atoms with Crippen molar-refractivity contribution in [2.45, 2.75) is 64.5 Å². The molecule has 0 bridgehead atoms. The molecule has 1 saturated heterocycles. The van der Waals surface area contributed by atoms with E-state index >= 15 is 0 Å². The second-order valence-corrected chi connectivity index (χ2v) is 8.14. The smallest absolute Gasteiger partial charge is 0.340 e. The van der Waals surface area contributed by atoms with Crippen molar-refractivity contribution >= 4 is 11.7 Å². The Morgan fingerprint density at radius 3 is 2.85 bits per heavy atom. The molecule has 0 aromatic carbocycles. The molecule has 3 aliphatic heterocycles. The van der Waals surface area contributed by atoms with Gasteiger partial charge < -0.3 is 20.2 Å². The summed E-state index contributed by atoms with van der Waals surface area (Å²) in [5, 5.41) is 2.83. The topological polar surface area (TPSA) is 91.1 Å². The van der Waals surface area contributed by atoms with E-state index in [2.05, 4.69) is 26.1 Å². The summed E-state index contributed by atoms with van der Waals surface area (Å²) < 4.78 is 61.8. The Morgan fingerprint density at radius 1 is 1.42 bits per heavy atom. The first-order valence-electron chi connectivity index (χ1n) is 10.5. The summed E-state index contributed by atoms with van der Waals surface area (Å²) in [4.78, 5) is 18.3. The van der Waals surface area contributed by atoms with Crippen LogP contribution in [-0.2, 0) is 20.8 Å². The summed E-state index contributed by atoms with van der Waals surface area (Å²) in [6.45, 7) is 4.35. The molecule has 3 unspecified atom stereocenters. The number of anilines is 1. The number of ether oxygens (including phenoxy) is 2. The number of hydrazine groups is 1. The van der Waals surface area contributed by atoms with Gasteiger partial charge in [0.2, 0.25) is 11.8 Å². The number of amides is 1. The molecule has 0 spiro atoms. The molecule has 12 heteroatoms. The summed E-state index contributed by atoms with van der Waals surface area (Å²) in [6, 6.07) is 1.68. The first-order chi connectivity index (χ1) is 15.6. The number of nitrogens with one attached hydrogen (secondary N) is 3. The highest BCUT2D eigenvalue weighted by Gasteiger charge is 2.52. The van der Waals surface area contributed by atoms with Crippen LogP contribution >= 0.6 is 0 Å². The second-order valence-electron chi connectivity index (χ2n) is 8.14. The number of epoxide rings is 1. The molecule has 33 heavy (non-hydrogen) atoms. The number of carbonyl (C=O) groups excluding carboxylic acids is 1. The highest BCUT2D eigenvalue weighted by atomic mass is 19.3. The maximum atomic E-state index is 13.2. The summed E-state index contributed by atoms with van der Waals surface area (Å²) in [6.07, 6.45) is -0.428. The zero-order chi connectivity index (χ0) is 23.9. The third-order valence-corrected chi connectivity index (χ3v) is 5.84. The number of hydrogen-bond acceptors (Lipinski definition) is 7. The first-order valence-corrected chi connectivity index (χ1v) is 10.5. The lowest BCUT2D eigenvalue weighted by Crippen LogP contribution is -2.47. The number of aromatic nitrogens is 1. The number of fused-ring (bicyclic) bond motifs is 3. The Balaban J connectivity index is 1.49. The molecule has 8 nitrogen and oxygen atoms in total. The van der Waals surface area contributed by atoms with Crippen LogP contribution in [0.25, 0.3) is 0 Å². The molecule has 1 fully saturated rings. The predicted molar refractivity (Wildman–Crippen MR) is 110 cm³/mol. The number of pyridine rings is 1. The van der Waals surface area contributed by atoms with Gasteiger partial charge in [-0.2, -0.15) is 8.78 Å². The minimum Gasteiger partial charge on any atom is -0.471 e. The molecule has 1 amide bonds. The van der Waals surface area contributed by atoms with Crippen LogP contribution in [0.1, 0.15) is 44.4 Å². The van der Waals surface area contributed by atoms with E-state index in [9.17, 15) is 22.4 Å². The Labute approximate surface area is 188 Å². The minimum atomic E-state index is -4.25. The van der Waals surface area contributed by atoms with E-state index < -0.39 is 19.0 Å². The van der Waals surface area contributed by atoms with Gasteiger partial charge in [-0.1, -0.05) is 6.92 Å². The van der Waals surface area contributed by atoms with Gasteiger partial charge in [0.25, 0.3) is 0 Å². The number of carbonyl (C=O) groups is 1. The Kier molecular flexibility index (Phi) is 6.23. The lowest BCUT2D eigenvalue weighted by atomic mass is 9.98. The summed E-state index contributed by atoms with van der Waals surface area (Å²) in [5.41, 5.74) is 8.61. The zero-order valence-electron chi connectivity index (χ0n) is 18.3. The van der Waals surface area contributed by atoms with Crippen LogP contribution in [0, 0.1) is 0 Å². The maximum Gasteiger partial charge on any atom is 0.340 e. The molecule has 4 heterocycles. The van der Waals surface area contributed by atoms with Gasteiger partial charge in [-0.25, -0.2) is 13.8 Å². The van der Waals surface area contributed by atoms with Crippen LogP contribution in [0.2, 0.25) is 0 Å². The average Bonchev–Trinajstić information content (AvgIpc) is 3.58. The minimum absolute atomic E-state index is 0.0513. The second kappa shape index (κ2) is 8.82. The van der Waals surface area contributed by atoms with Crippen LogP contribution in [-0.4, -0.2) is 47.0 Å². The van der Waals surface area contributed by atoms with Gasteiger partial charge in [-0.15, -0.1) is 0 Å². The Bertz CT molecular complexity index is 1000. The van der Waals surface area contributed by atoms with Crippen molar-refractivity contribution < 1.29 is 31.8 Å². The zero-order valence-corrected chi connectivity index (χ0v) is 18.3. The van der Waals surface area contributed by atoms with Crippen LogP contribution in [0.15, 0.2) is 35.5 Å².